The number of ether oxygens (including phenoxy) is 1. The van der Waals surface area contributed by atoms with Crippen LogP contribution in [0.25, 0.3) is 0 Å². The third-order valence-electron chi connectivity index (χ3n) is 4.30. The Hall–Kier alpha value is -2.04. The number of hydrogen-bond donors (Lipinski definition) is 1. The summed E-state index contributed by atoms with van der Waals surface area (Å²) in [4.78, 5) is 14.5. The molecule has 0 atom stereocenters. The van der Waals surface area contributed by atoms with Crippen molar-refractivity contribution in [3.63, 3.8) is 0 Å². The molecule has 2 aromatic carbocycles. The topological polar surface area (TPSA) is 41.6 Å². The minimum absolute atomic E-state index is 0.00454. The van der Waals surface area contributed by atoms with Crippen molar-refractivity contribution in [2.24, 2.45) is 0 Å². The molecule has 0 saturated heterocycles. The molecule has 126 valence electrons. The van der Waals surface area contributed by atoms with Gasteiger partial charge < -0.3 is 10.1 Å². The van der Waals surface area contributed by atoms with E-state index >= 15 is 0 Å². The maximum absolute atomic E-state index is 12.2. The Morgan fingerprint density at radius 2 is 2.04 bits per heavy atom. The number of amides is 1. The number of hydrogen-bond acceptors (Lipinski definition) is 3. The molecule has 0 bridgehead atoms. The summed E-state index contributed by atoms with van der Waals surface area (Å²) in [5.74, 6) is 0.594. The van der Waals surface area contributed by atoms with Gasteiger partial charge >= 0.3 is 0 Å². The summed E-state index contributed by atoms with van der Waals surface area (Å²) in [6.45, 7) is 2.67. The number of methoxy groups -OCH3 is 1. The van der Waals surface area contributed by atoms with Crippen molar-refractivity contribution in [3.05, 3.63) is 58.6 Å². The van der Waals surface area contributed by atoms with Crippen molar-refractivity contribution in [3.8, 4) is 5.75 Å². The highest BCUT2D eigenvalue weighted by atomic mass is 35.5. The molecule has 4 nitrogen and oxygen atoms in total. The van der Waals surface area contributed by atoms with Gasteiger partial charge in [0.05, 0.1) is 12.1 Å². The van der Waals surface area contributed by atoms with Crippen LogP contribution in [0.2, 0.25) is 5.02 Å². The minimum Gasteiger partial charge on any atom is -0.495 e. The number of carbonyl (C=O) groups excluding carboxylic acids is 1. The highest BCUT2D eigenvalue weighted by Gasteiger charge is 2.16. The summed E-state index contributed by atoms with van der Waals surface area (Å²) in [6.07, 6.45) is 1.51. The second kappa shape index (κ2) is 7.69. The highest BCUT2D eigenvalue weighted by Crippen LogP contribution is 2.27. The summed E-state index contributed by atoms with van der Waals surface area (Å²) in [6, 6.07) is 13.8. The molecule has 1 N–H and O–H groups in total. The summed E-state index contributed by atoms with van der Waals surface area (Å²) < 4.78 is 5.11. The van der Waals surface area contributed by atoms with Crippen molar-refractivity contribution in [2.75, 3.05) is 25.5 Å². The van der Waals surface area contributed by atoms with Gasteiger partial charge in [0.15, 0.2) is 0 Å². The largest absolute Gasteiger partial charge is 0.495 e. The van der Waals surface area contributed by atoms with Crippen LogP contribution in [0.5, 0.6) is 5.75 Å². The van der Waals surface area contributed by atoms with Crippen molar-refractivity contribution < 1.29 is 9.53 Å². The molecule has 24 heavy (non-hydrogen) atoms. The lowest BCUT2D eigenvalue weighted by Gasteiger charge is -2.28. The van der Waals surface area contributed by atoms with E-state index in [1.54, 1.807) is 25.3 Å². The molecule has 5 heteroatoms. The quantitative estimate of drug-likeness (QED) is 0.898. The molecular weight excluding hydrogens is 324 g/mol. The van der Waals surface area contributed by atoms with Crippen LogP contribution in [0.3, 0.4) is 0 Å². The molecule has 1 aliphatic heterocycles. The van der Waals surface area contributed by atoms with E-state index in [0.29, 0.717) is 22.9 Å². The fourth-order valence-corrected chi connectivity index (χ4v) is 3.23. The molecule has 0 radical (unpaired) electrons. The van der Waals surface area contributed by atoms with Crippen molar-refractivity contribution >= 4 is 23.2 Å². The normalized spacial score (nSPS) is 14.1. The molecule has 0 aliphatic carbocycles. The summed E-state index contributed by atoms with van der Waals surface area (Å²) >= 11 is 6.08. The Balaban J connectivity index is 1.50. The van der Waals surface area contributed by atoms with E-state index < -0.39 is 0 Å². The summed E-state index contributed by atoms with van der Waals surface area (Å²) in [5, 5.41) is 3.38. The molecule has 1 aliphatic rings. The van der Waals surface area contributed by atoms with E-state index in [4.69, 9.17) is 16.3 Å². The first-order valence-electron chi connectivity index (χ1n) is 8.08. The monoisotopic (exact) mass is 344 g/mol. The average Bonchev–Trinajstić information content (AvgIpc) is 2.60. The van der Waals surface area contributed by atoms with Gasteiger partial charge in [0.1, 0.15) is 5.75 Å². The van der Waals surface area contributed by atoms with Crippen LogP contribution in [0, 0.1) is 0 Å². The van der Waals surface area contributed by atoms with Gasteiger partial charge in [-0.1, -0.05) is 35.9 Å². The van der Waals surface area contributed by atoms with Crippen LogP contribution < -0.4 is 10.1 Å². The van der Waals surface area contributed by atoms with E-state index in [-0.39, 0.29) is 5.91 Å². The number of carbonyl (C=O) groups is 1. The van der Waals surface area contributed by atoms with Crippen molar-refractivity contribution in [1.82, 2.24) is 4.90 Å². The van der Waals surface area contributed by atoms with Crippen molar-refractivity contribution in [2.45, 2.75) is 19.4 Å². The van der Waals surface area contributed by atoms with Gasteiger partial charge in [0.25, 0.3) is 0 Å². The van der Waals surface area contributed by atoms with Gasteiger partial charge in [-0.3, -0.25) is 9.69 Å². The molecule has 0 unspecified atom stereocenters. The molecule has 0 fully saturated rings. The second-order valence-corrected chi connectivity index (χ2v) is 6.35. The van der Waals surface area contributed by atoms with E-state index in [0.717, 1.165) is 26.1 Å². The van der Waals surface area contributed by atoms with Crippen LogP contribution >= 0.6 is 11.6 Å². The van der Waals surface area contributed by atoms with Crippen LogP contribution in [0.4, 0.5) is 5.69 Å². The van der Waals surface area contributed by atoms with Crippen LogP contribution in [0.15, 0.2) is 42.5 Å². The van der Waals surface area contributed by atoms with Gasteiger partial charge in [0.2, 0.25) is 5.91 Å². The zero-order valence-corrected chi connectivity index (χ0v) is 14.5. The second-order valence-electron chi connectivity index (χ2n) is 5.94. The predicted octanol–water partition coefficient (Wildman–Crippen LogP) is 3.74. The SMILES string of the molecule is COc1ccc(NC(=O)CCN2CCc3ccccc3C2)cc1Cl. The molecule has 0 aromatic heterocycles. The number of nitrogens with one attached hydrogen (secondary N) is 1. The third kappa shape index (κ3) is 4.08. The minimum atomic E-state index is -0.00454. The van der Waals surface area contributed by atoms with E-state index in [1.807, 2.05) is 0 Å². The number of anilines is 1. The lowest BCUT2D eigenvalue weighted by atomic mass is 10.00. The average molecular weight is 345 g/mol. The van der Waals surface area contributed by atoms with Gasteiger partial charge in [0, 0.05) is 31.7 Å². The number of halogens is 1. The molecular formula is C19H21ClN2O2. The molecule has 1 amide bonds. The molecule has 0 spiro atoms. The zero-order valence-electron chi connectivity index (χ0n) is 13.7. The number of fused-ring (bicyclic) bond motifs is 1. The van der Waals surface area contributed by atoms with Crippen LogP contribution in [-0.4, -0.2) is 31.0 Å². The first-order valence-corrected chi connectivity index (χ1v) is 8.46. The molecule has 0 saturated carbocycles. The standard InChI is InChI=1S/C19H21ClN2O2/c1-24-18-7-6-16(12-17(18)20)21-19(23)9-11-22-10-8-14-4-2-3-5-15(14)13-22/h2-7,12H,8-11,13H2,1H3,(H,21,23). The Morgan fingerprint density at radius 3 is 2.79 bits per heavy atom. The fraction of sp³-hybridized carbons (Fsp3) is 0.316. The van der Waals surface area contributed by atoms with Gasteiger partial charge in [-0.2, -0.15) is 0 Å². The first kappa shape index (κ1) is 16.8. The Kier molecular flexibility index (Phi) is 5.38. The number of benzene rings is 2. The Labute approximate surface area is 147 Å². The predicted molar refractivity (Wildman–Crippen MR) is 96.7 cm³/mol. The van der Waals surface area contributed by atoms with Crippen LogP contribution in [0.1, 0.15) is 17.5 Å². The van der Waals surface area contributed by atoms with E-state index in [1.165, 1.54) is 11.1 Å². The first-order chi connectivity index (χ1) is 11.7. The highest BCUT2D eigenvalue weighted by molar-refractivity contribution is 6.32. The van der Waals surface area contributed by atoms with Crippen molar-refractivity contribution in [1.29, 1.82) is 0 Å². The van der Waals surface area contributed by atoms with Gasteiger partial charge in [-0.15, -0.1) is 0 Å². The fourth-order valence-electron chi connectivity index (χ4n) is 2.97. The Bertz CT molecular complexity index is 733. The summed E-state index contributed by atoms with van der Waals surface area (Å²) in [7, 11) is 1.57. The lowest BCUT2D eigenvalue weighted by molar-refractivity contribution is -0.116. The van der Waals surface area contributed by atoms with Gasteiger partial charge in [-0.25, -0.2) is 0 Å². The van der Waals surface area contributed by atoms with E-state index in [9.17, 15) is 4.79 Å². The smallest absolute Gasteiger partial charge is 0.225 e. The number of rotatable bonds is 5. The lowest BCUT2D eigenvalue weighted by Crippen LogP contribution is -2.33. The molecule has 2 aromatic rings. The number of nitrogens with zero attached hydrogens (tertiary/aromatic N) is 1. The maximum Gasteiger partial charge on any atom is 0.225 e. The van der Waals surface area contributed by atoms with Gasteiger partial charge in [-0.05, 0) is 35.7 Å². The van der Waals surface area contributed by atoms with E-state index in [2.05, 4.69) is 34.5 Å². The zero-order chi connectivity index (χ0) is 16.9. The summed E-state index contributed by atoms with van der Waals surface area (Å²) in [5.41, 5.74) is 3.48. The Morgan fingerprint density at radius 1 is 1.25 bits per heavy atom. The molecule has 3 rings (SSSR count). The van der Waals surface area contributed by atoms with Crippen LogP contribution in [-0.2, 0) is 17.8 Å². The maximum atomic E-state index is 12.2. The molecule has 1 heterocycles. The third-order valence-corrected chi connectivity index (χ3v) is 4.60.